The van der Waals surface area contributed by atoms with E-state index in [9.17, 15) is 14.8 Å². The molecule has 0 bridgehead atoms. The zero-order valence-electron chi connectivity index (χ0n) is 18.6. The maximum Gasteiger partial charge on any atom is 0.310 e. The molecule has 174 valence electrons. The number of ether oxygens (including phenoxy) is 1. The molecule has 0 aliphatic carbocycles. The number of benzene rings is 2. The zero-order valence-corrected chi connectivity index (χ0v) is 20.2. The van der Waals surface area contributed by atoms with E-state index in [1.165, 1.54) is 0 Å². The van der Waals surface area contributed by atoms with Crippen molar-refractivity contribution in [2.75, 3.05) is 12.4 Å². The largest absolute Gasteiger partial charge is 0.507 e. The fourth-order valence-corrected chi connectivity index (χ4v) is 4.55. The van der Waals surface area contributed by atoms with Crippen LogP contribution in [0.2, 0.25) is 5.02 Å². The monoisotopic (exact) mass is 479 g/mol. The van der Waals surface area contributed by atoms with E-state index in [4.69, 9.17) is 21.4 Å². The Morgan fingerprint density at radius 2 is 2.00 bits per heavy atom. The molecule has 0 aromatic heterocycles. The van der Waals surface area contributed by atoms with E-state index in [2.05, 4.69) is 5.18 Å². The highest BCUT2D eigenvalue weighted by molar-refractivity contribution is 7.99. The lowest BCUT2D eigenvalue weighted by atomic mass is 9.98. The first-order chi connectivity index (χ1) is 15.3. The van der Waals surface area contributed by atoms with Crippen molar-refractivity contribution in [3.63, 3.8) is 0 Å². The first-order valence-corrected chi connectivity index (χ1v) is 12.1. The standard InChI is InChI=1S/C24H30ClNO5S/c1-4-7-18-21(10-9-17(23(18)27)20(5-2)26-30)31-12-6-13-32-22-11-8-16(14-19(22)25)15(3)24(28)29/h8-11,14-15,20,27H,4-7,12-13H2,1-3H3,(H,28,29). The van der Waals surface area contributed by atoms with Gasteiger partial charge in [0, 0.05) is 21.8 Å². The van der Waals surface area contributed by atoms with Crippen LogP contribution in [0.3, 0.4) is 0 Å². The van der Waals surface area contributed by atoms with Crippen LogP contribution in [0.4, 0.5) is 0 Å². The molecular weight excluding hydrogens is 450 g/mol. The van der Waals surface area contributed by atoms with Crippen molar-refractivity contribution in [3.05, 3.63) is 57.0 Å². The van der Waals surface area contributed by atoms with Gasteiger partial charge in [-0.1, -0.05) is 43.1 Å². The normalized spacial score (nSPS) is 12.9. The van der Waals surface area contributed by atoms with Gasteiger partial charge in [0.1, 0.15) is 17.5 Å². The van der Waals surface area contributed by atoms with Gasteiger partial charge in [0.05, 0.1) is 17.5 Å². The summed E-state index contributed by atoms with van der Waals surface area (Å²) in [5.74, 6) is 0.0209. The second kappa shape index (κ2) is 12.7. The van der Waals surface area contributed by atoms with Crippen molar-refractivity contribution in [2.24, 2.45) is 5.18 Å². The highest BCUT2D eigenvalue weighted by atomic mass is 35.5. The van der Waals surface area contributed by atoms with Gasteiger partial charge >= 0.3 is 5.97 Å². The second-order valence-corrected chi connectivity index (χ2v) is 9.10. The first kappa shape index (κ1) is 26.0. The third-order valence-corrected chi connectivity index (χ3v) is 6.86. The van der Waals surface area contributed by atoms with E-state index in [1.807, 2.05) is 19.9 Å². The van der Waals surface area contributed by atoms with Crippen LogP contribution < -0.4 is 4.74 Å². The number of phenols is 1. The molecule has 0 saturated carbocycles. The number of thioether (sulfide) groups is 1. The molecule has 0 amide bonds. The van der Waals surface area contributed by atoms with Gasteiger partial charge in [-0.15, -0.1) is 11.8 Å². The summed E-state index contributed by atoms with van der Waals surface area (Å²) in [6.07, 6.45) is 2.77. The number of hydrogen-bond acceptors (Lipinski definition) is 6. The molecule has 0 heterocycles. The fourth-order valence-electron chi connectivity index (χ4n) is 3.35. The minimum atomic E-state index is -0.882. The highest BCUT2D eigenvalue weighted by Gasteiger charge is 2.20. The van der Waals surface area contributed by atoms with E-state index in [0.29, 0.717) is 46.9 Å². The number of aliphatic carboxylic acids is 1. The van der Waals surface area contributed by atoms with Crippen LogP contribution >= 0.6 is 23.4 Å². The molecule has 0 aliphatic heterocycles. The van der Waals surface area contributed by atoms with E-state index >= 15 is 0 Å². The van der Waals surface area contributed by atoms with Gasteiger partial charge in [0.2, 0.25) is 0 Å². The topological polar surface area (TPSA) is 96.2 Å². The predicted molar refractivity (Wildman–Crippen MR) is 129 cm³/mol. The quantitative estimate of drug-likeness (QED) is 0.183. The molecule has 2 unspecified atom stereocenters. The molecule has 32 heavy (non-hydrogen) atoms. The van der Waals surface area contributed by atoms with Crippen molar-refractivity contribution >= 4 is 29.3 Å². The summed E-state index contributed by atoms with van der Waals surface area (Å²) < 4.78 is 5.94. The van der Waals surface area contributed by atoms with E-state index < -0.39 is 17.9 Å². The lowest BCUT2D eigenvalue weighted by Gasteiger charge is -2.17. The molecule has 0 fully saturated rings. The number of carboxylic acids is 1. The van der Waals surface area contributed by atoms with Gasteiger partial charge in [-0.05, 0) is 56.0 Å². The number of nitrogens with zero attached hydrogens (tertiary/aromatic N) is 1. The Morgan fingerprint density at radius 3 is 2.59 bits per heavy atom. The SMILES string of the molecule is CCCc1c(OCCCSc2ccc(C(C)C(=O)O)cc2Cl)ccc(C(CC)N=O)c1O. The Morgan fingerprint density at radius 1 is 1.25 bits per heavy atom. The highest BCUT2D eigenvalue weighted by Crippen LogP contribution is 2.38. The van der Waals surface area contributed by atoms with Crippen LogP contribution in [-0.4, -0.2) is 28.5 Å². The predicted octanol–water partition coefficient (Wildman–Crippen LogP) is 6.96. The van der Waals surface area contributed by atoms with Gasteiger partial charge in [-0.2, -0.15) is 4.91 Å². The van der Waals surface area contributed by atoms with Gasteiger partial charge in [0.15, 0.2) is 0 Å². The van der Waals surface area contributed by atoms with Gasteiger partial charge in [0.25, 0.3) is 0 Å². The Balaban J connectivity index is 1.96. The van der Waals surface area contributed by atoms with E-state index in [1.54, 1.807) is 43.0 Å². The zero-order chi connectivity index (χ0) is 23.7. The maximum atomic E-state index is 11.1. The lowest BCUT2D eigenvalue weighted by Crippen LogP contribution is -2.07. The van der Waals surface area contributed by atoms with E-state index in [0.717, 1.165) is 23.5 Å². The Kier molecular flexibility index (Phi) is 10.3. The van der Waals surface area contributed by atoms with Gasteiger partial charge in [-0.25, -0.2) is 0 Å². The molecule has 0 aliphatic rings. The minimum absolute atomic E-state index is 0.104. The number of carboxylic acid groups (broad SMARTS) is 1. The molecule has 8 heteroatoms. The summed E-state index contributed by atoms with van der Waals surface area (Å²) >= 11 is 7.91. The summed E-state index contributed by atoms with van der Waals surface area (Å²) in [5.41, 5.74) is 1.94. The van der Waals surface area contributed by atoms with Crippen molar-refractivity contribution in [2.45, 2.75) is 63.3 Å². The Hall–Kier alpha value is -2.25. The van der Waals surface area contributed by atoms with Crippen LogP contribution in [-0.2, 0) is 11.2 Å². The van der Waals surface area contributed by atoms with Crippen molar-refractivity contribution in [1.82, 2.24) is 0 Å². The molecule has 0 spiro atoms. The average molecular weight is 480 g/mol. The molecular formula is C24H30ClNO5S. The molecule has 0 radical (unpaired) electrons. The number of phenolic OH excluding ortho intramolecular Hbond substituents is 1. The fraction of sp³-hybridized carbons (Fsp3) is 0.458. The summed E-state index contributed by atoms with van der Waals surface area (Å²) in [4.78, 5) is 23.1. The molecule has 2 atom stereocenters. The van der Waals surface area contributed by atoms with Crippen molar-refractivity contribution in [3.8, 4) is 11.5 Å². The summed E-state index contributed by atoms with van der Waals surface area (Å²) in [5, 5.41) is 23.5. The lowest BCUT2D eigenvalue weighted by molar-refractivity contribution is -0.138. The number of carbonyl (C=O) groups is 1. The number of nitroso groups, excluding NO2 is 1. The molecule has 6 nitrogen and oxygen atoms in total. The Bertz CT molecular complexity index is 937. The van der Waals surface area contributed by atoms with Crippen molar-refractivity contribution in [1.29, 1.82) is 0 Å². The van der Waals surface area contributed by atoms with Crippen LogP contribution in [0.15, 0.2) is 40.4 Å². The van der Waals surface area contributed by atoms with Crippen molar-refractivity contribution < 1.29 is 19.7 Å². The van der Waals surface area contributed by atoms with Gasteiger partial charge in [-0.3, -0.25) is 4.79 Å². The maximum absolute atomic E-state index is 11.1. The number of hydrogen-bond donors (Lipinski definition) is 2. The smallest absolute Gasteiger partial charge is 0.310 e. The van der Waals surface area contributed by atoms with Crippen LogP contribution in [0.25, 0.3) is 0 Å². The molecule has 2 N–H and O–H groups in total. The number of halogens is 1. The molecule has 0 saturated heterocycles. The summed E-state index contributed by atoms with van der Waals surface area (Å²) in [6.45, 7) is 5.98. The average Bonchev–Trinajstić information content (AvgIpc) is 2.78. The first-order valence-electron chi connectivity index (χ1n) is 10.8. The Labute approximate surface area is 198 Å². The van der Waals surface area contributed by atoms with Gasteiger partial charge < -0.3 is 14.9 Å². The summed E-state index contributed by atoms with van der Waals surface area (Å²) in [7, 11) is 0. The van der Waals surface area contributed by atoms with E-state index in [-0.39, 0.29) is 5.75 Å². The van der Waals surface area contributed by atoms with Crippen LogP contribution in [0, 0.1) is 4.91 Å². The molecule has 2 aromatic rings. The second-order valence-electron chi connectivity index (χ2n) is 7.56. The minimum Gasteiger partial charge on any atom is -0.507 e. The van der Waals surface area contributed by atoms with Crippen LogP contribution in [0.1, 0.15) is 68.7 Å². The molecule has 2 aromatic carbocycles. The third-order valence-electron chi connectivity index (χ3n) is 5.27. The number of rotatable bonds is 13. The third kappa shape index (κ3) is 6.62. The number of aromatic hydroxyl groups is 1. The summed E-state index contributed by atoms with van der Waals surface area (Å²) in [6, 6.07) is 8.31. The van der Waals surface area contributed by atoms with Crippen LogP contribution in [0.5, 0.6) is 11.5 Å². The molecule has 2 rings (SSSR count).